The van der Waals surface area contributed by atoms with E-state index in [0.717, 1.165) is 36.9 Å². The van der Waals surface area contributed by atoms with Gasteiger partial charge in [0, 0.05) is 12.6 Å². The Morgan fingerprint density at radius 1 is 0.864 bits per heavy atom. The summed E-state index contributed by atoms with van der Waals surface area (Å²) >= 11 is 0. The molecule has 2 aromatic carbocycles. The van der Waals surface area contributed by atoms with Gasteiger partial charge in [-0.05, 0) is 36.0 Å². The van der Waals surface area contributed by atoms with Crippen LogP contribution in [0, 0.1) is 0 Å². The van der Waals surface area contributed by atoms with Gasteiger partial charge in [0.2, 0.25) is 0 Å². The lowest BCUT2D eigenvalue weighted by Crippen LogP contribution is -2.39. The molecule has 2 heteroatoms. The Labute approximate surface area is 131 Å². The molecule has 1 amide bonds. The van der Waals surface area contributed by atoms with Gasteiger partial charge in [-0.15, -0.1) is 0 Å². The number of hydrogen-bond acceptors (Lipinski definition) is 1. The monoisotopic (exact) mass is 289 g/mol. The van der Waals surface area contributed by atoms with Gasteiger partial charge < -0.3 is 4.90 Å². The average Bonchev–Trinajstić information content (AvgIpc) is 3.05. The molecule has 1 saturated heterocycles. The van der Waals surface area contributed by atoms with E-state index in [9.17, 15) is 4.79 Å². The van der Waals surface area contributed by atoms with Crippen LogP contribution < -0.4 is 0 Å². The maximum absolute atomic E-state index is 13.1. The molecule has 1 atom stereocenters. The second kappa shape index (κ2) is 5.45. The number of carbonyl (C=O) groups is 1. The number of hydrogen-bond donors (Lipinski definition) is 0. The van der Waals surface area contributed by atoms with Crippen molar-refractivity contribution in [3.8, 4) is 0 Å². The minimum absolute atomic E-state index is 0.207. The lowest BCUT2D eigenvalue weighted by Gasteiger charge is -2.33. The number of benzene rings is 2. The predicted molar refractivity (Wildman–Crippen MR) is 89.1 cm³/mol. The molecule has 1 unspecified atom stereocenters. The average molecular weight is 289 g/mol. The van der Waals surface area contributed by atoms with Gasteiger partial charge in [-0.1, -0.05) is 60.7 Å². The molecule has 2 heterocycles. The van der Waals surface area contributed by atoms with E-state index in [-0.39, 0.29) is 5.91 Å². The molecule has 22 heavy (non-hydrogen) atoms. The Bertz CT molecular complexity index is 718. The van der Waals surface area contributed by atoms with Crippen molar-refractivity contribution in [1.82, 2.24) is 4.90 Å². The molecule has 1 fully saturated rings. The fraction of sp³-hybridized carbons (Fsp3) is 0.250. The summed E-state index contributed by atoms with van der Waals surface area (Å²) < 4.78 is 0. The Morgan fingerprint density at radius 2 is 1.50 bits per heavy atom. The van der Waals surface area contributed by atoms with E-state index in [0.29, 0.717) is 6.04 Å². The van der Waals surface area contributed by atoms with Crippen molar-refractivity contribution < 1.29 is 4.79 Å². The molecule has 0 N–H and O–H groups in total. The largest absolute Gasteiger partial charge is 0.335 e. The molecule has 0 spiro atoms. The van der Waals surface area contributed by atoms with Crippen LogP contribution in [-0.4, -0.2) is 23.4 Å². The van der Waals surface area contributed by atoms with Crippen LogP contribution in [0.5, 0.6) is 0 Å². The lowest BCUT2D eigenvalue weighted by molar-refractivity contribution is -0.126. The quantitative estimate of drug-likeness (QED) is 0.818. The third kappa shape index (κ3) is 2.16. The molecule has 2 aliphatic rings. The molecular formula is C20H19NO. The SMILES string of the molecule is O=C1C(c2ccccc2)=C(c2ccccc2)CC2CCCN12. The van der Waals surface area contributed by atoms with E-state index < -0.39 is 0 Å². The maximum atomic E-state index is 13.1. The van der Waals surface area contributed by atoms with E-state index in [2.05, 4.69) is 29.2 Å². The highest BCUT2D eigenvalue weighted by Gasteiger charge is 2.37. The molecule has 2 nitrogen and oxygen atoms in total. The van der Waals surface area contributed by atoms with E-state index in [1.807, 2.05) is 36.4 Å². The van der Waals surface area contributed by atoms with Crippen LogP contribution in [0.2, 0.25) is 0 Å². The van der Waals surface area contributed by atoms with E-state index in [4.69, 9.17) is 0 Å². The second-order valence-corrected chi connectivity index (χ2v) is 6.08. The summed E-state index contributed by atoms with van der Waals surface area (Å²) in [6, 6.07) is 20.9. The van der Waals surface area contributed by atoms with Gasteiger partial charge in [-0.25, -0.2) is 0 Å². The summed E-state index contributed by atoms with van der Waals surface area (Å²) in [5, 5.41) is 0. The number of rotatable bonds is 2. The van der Waals surface area contributed by atoms with Gasteiger partial charge in [0.1, 0.15) is 0 Å². The molecule has 0 aromatic heterocycles. The minimum Gasteiger partial charge on any atom is -0.335 e. The Hall–Kier alpha value is -2.35. The zero-order valence-electron chi connectivity index (χ0n) is 12.5. The van der Waals surface area contributed by atoms with Crippen LogP contribution in [0.15, 0.2) is 60.7 Å². The molecule has 0 aliphatic carbocycles. The van der Waals surface area contributed by atoms with Crippen LogP contribution in [0.1, 0.15) is 30.4 Å². The summed E-state index contributed by atoms with van der Waals surface area (Å²) in [5.74, 6) is 0.207. The Balaban J connectivity index is 1.90. The van der Waals surface area contributed by atoms with E-state index >= 15 is 0 Å². The molecule has 2 aliphatic heterocycles. The van der Waals surface area contributed by atoms with Gasteiger partial charge in [-0.3, -0.25) is 4.79 Å². The van der Waals surface area contributed by atoms with Crippen LogP contribution >= 0.6 is 0 Å². The van der Waals surface area contributed by atoms with Crippen LogP contribution in [0.4, 0.5) is 0 Å². The van der Waals surface area contributed by atoms with Gasteiger partial charge in [0.05, 0.1) is 5.57 Å². The van der Waals surface area contributed by atoms with Crippen molar-refractivity contribution in [1.29, 1.82) is 0 Å². The van der Waals surface area contributed by atoms with Gasteiger partial charge in [-0.2, -0.15) is 0 Å². The Morgan fingerprint density at radius 3 is 2.18 bits per heavy atom. The van der Waals surface area contributed by atoms with Crippen molar-refractivity contribution in [2.24, 2.45) is 0 Å². The Kier molecular flexibility index (Phi) is 3.30. The van der Waals surface area contributed by atoms with Gasteiger partial charge >= 0.3 is 0 Å². The summed E-state index contributed by atoms with van der Waals surface area (Å²) in [6.07, 6.45) is 3.23. The molecule has 0 saturated carbocycles. The molecule has 2 aromatic rings. The maximum Gasteiger partial charge on any atom is 0.255 e. The van der Waals surface area contributed by atoms with Crippen molar-refractivity contribution in [3.63, 3.8) is 0 Å². The molecule has 4 rings (SSSR count). The van der Waals surface area contributed by atoms with Crippen LogP contribution in [0.3, 0.4) is 0 Å². The molecule has 110 valence electrons. The fourth-order valence-electron chi connectivity index (χ4n) is 3.73. The molecular weight excluding hydrogens is 270 g/mol. The number of nitrogens with zero attached hydrogens (tertiary/aromatic N) is 1. The minimum atomic E-state index is 0.207. The van der Waals surface area contributed by atoms with Crippen LogP contribution in [-0.2, 0) is 4.79 Å². The van der Waals surface area contributed by atoms with Crippen molar-refractivity contribution in [2.45, 2.75) is 25.3 Å². The first-order valence-electron chi connectivity index (χ1n) is 7.99. The number of fused-ring (bicyclic) bond motifs is 1. The standard InChI is InChI=1S/C20H19NO/c22-20-19(16-10-5-2-6-11-16)18(15-8-3-1-4-9-15)14-17-12-7-13-21(17)20/h1-6,8-11,17H,7,12-14H2. The lowest BCUT2D eigenvalue weighted by atomic mass is 9.86. The first-order valence-corrected chi connectivity index (χ1v) is 7.99. The van der Waals surface area contributed by atoms with Crippen molar-refractivity contribution in [3.05, 3.63) is 71.8 Å². The first-order chi connectivity index (χ1) is 10.8. The van der Waals surface area contributed by atoms with Crippen molar-refractivity contribution in [2.75, 3.05) is 6.54 Å². The topological polar surface area (TPSA) is 20.3 Å². The normalized spacial score (nSPS) is 21.2. The highest BCUT2D eigenvalue weighted by Crippen LogP contribution is 2.40. The van der Waals surface area contributed by atoms with Gasteiger partial charge in [0.15, 0.2) is 0 Å². The molecule has 0 radical (unpaired) electrons. The predicted octanol–water partition coefficient (Wildman–Crippen LogP) is 3.99. The zero-order chi connectivity index (χ0) is 14.9. The summed E-state index contributed by atoms with van der Waals surface area (Å²) in [5.41, 5.74) is 4.32. The second-order valence-electron chi connectivity index (χ2n) is 6.08. The van der Waals surface area contributed by atoms with E-state index in [1.165, 1.54) is 11.1 Å². The molecule has 0 bridgehead atoms. The highest BCUT2D eigenvalue weighted by atomic mass is 16.2. The smallest absolute Gasteiger partial charge is 0.255 e. The van der Waals surface area contributed by atoms with Crippen molar-refractivity contribution >= 4 is 17.1 Å². The summed E-state index contributed by atoms with van der Waals surface area (Å²) in [6.45, 7) is 0.905. The summed E-state index contributed by atoms with van der Waals surface area (Å²) in [4.78, 5) is 15.1. The third-order valence-corrected chi connectivity index (χ3v) is 4.78. The zero-order valence-corrected chi connectivity index (χ0v) is 12.5. The van der Waals surface area contributed by atoms with E-state index in [1.54, 1.807) is 0 Å². The number of carbonyl (C=O) groups excluding carboxylic acids is 1. The van der Waals surface area contributed by atoms with Crippen LogP contribution in [0.25, 0.3) is 11.1 Å². The first kappa shape index (κ1) is 13.3. The van der Waals surface area contributed by atoms with Gasteiger partial charge in [0.25, 0.3) is 5.91 Å². The third-order valence-electron chi connectivity index (χ3n) is 4.78. The fourth-order valence-corrected chi connectivity index (χ4v) is 3.73. The highest BCUT2D eigenvalue weighted by molar-refractivity contribution is 6.28. The summed E-state index contributed by atoms with van der Waals surface area (Å²) in [7, 11) is 0. The number of amides is 1.